The molecule has 0 fully saturated rings. The zero-order valence-corrected chi connectivity index (χ0v) is 14.5. The second-order valence-electron chi connectivity index (χ2n) is 5.69. The Bertz CT molecular complexity index is 995. The maximum atomic E-state index is 11.8. The van der Waals surface area contributed by atoms with E-state index in [0.29, 0.717) is 11.6 Å². The maximum absolute atomic E-state index is 11.8. The fourth-order valence-electron chi connectivity index (χ4n) is 2.77. The fraction of sp³-hybridized carbons (Fsp3) is 0.105. The van der Waals surface area contributed by atoms with Crippen molar-refractivity contribution in [1.82, 2.24) is 9.99 Å². The summed E-state index contributed by atoms with van der Waals surface area (Å²) in [5.74, 6) is -0.429. The summed E-state index contributed by atoms with van der Waals surface area (Å²) in [6, 6.07) is 15.1. The van der Waals surface area contributed by atoms with Gasteiger partial charge in [-0.15, -0.1) is 0 Å². The number of nitrogens with zero attached hydrogens (tertiary/aromatic N) is 2. The molecule has 7 heteroatoms. The van der Waals surface area contributed by atoms with Gasteiger partial charge < -0.3 is 9.15 Å². The Morgan fingerprint density at radius 2 is 1.88 bits per heavy atom. The average Bonchev–Trinajstić information content (AvgIpc) is 3.30. The van der Waals surface area contributed by atoms with E-state index in [1.807, 2.05) is 65.8 Å². The predicted octanol–water partition coefficient (Wildman–Crippen LogP) is 3.47. The van der Waals surface area contributed by atoms with E-state index >= 15 is 0 Å². The molecular weight excluding hydrogens is 354 g/mol. The van der Waals surface area contributed by atoms with Crippen LogP contribution in [0.2, 0.25) is 5.02 Å². The van der Waals surface area contributed by atoms with Gasteiger partial charge >= 0.3 is 5.76 Å². The molecule has 6 nitrogen and oxygen atoms in total. The molecule has 2 heterocycles. The molecule has 1 N–H and O–H groups in total. The lowest BCUT2D eigenvalue weighted by Crippen LogP contribution is -2.36. The van der Waals surface area contributed by atoms with Gasteiger partial charge in [-0.05, 0) is 24.3 Å². The number of hydrazine groups is 1. The summed E-state index contributed by atoms with van der Waals surface area (Å²) in [6.45, 7) is 0.326. The van der Waals surface area contributed by atoms with Gasteiger partial charge in [-0.25, -0.2) is 9.36 Å². The molecule has 0 saturated carbocycles. The first-order chi connectivity index (χ1) is 12.7. The highest BCUT2D eigenvalue weighted by molar-refractivity contribution is 6.33. The first kappa shape index (κ1) is 16.7. The summed E-state index contributed by atoms with van der Waals surface area (Å²) < 4.78 is 12.2. The number of nitrogens with one attached hydrogen (secondary N) is 1. The first-order valence-electron chi connectivity index (χ1n) is 8.07. The molecule has 4 rings (SSSR count). The van der Waals surface area contributed by atoms with Crippen molar-refractivity contribution in [1.29, 1.82) is 0 Å². The summed E-state index contributed by atoms with van der Waals surface area (Å²) in [5, 5.41) is 2.47. The van der Waals surface area contributed by atoms with Crippen molar-refractivity contribution in [3.8, 4) is 5.69 Å². The van der Waals surface area contributed by atoms with Gasteiger partial charge in [-0.1, -0.05) is 41.9 Å². The largest absolute Gasteiger partial charge is 0.423 e. The van der Waals surface area contributed by atoms with Gasteiger partial charge in [0.2, 0.25) is 0 Å². The minimum atomic E-state index is -0.429. The van der Waals surface area contributed by atoms with Crippen molar-refractivity contribution in [2.24, 2.45) is 0 Å². The summed E-state index contributed by atoms with van der Waals surface area (Å²) in [7, 11) is 0. The number of aromatic nitrogens is 1. The van der Waals surface area contributed by atoms with E-state index in [0.717, 1.165) is 16.9 Å². The predicted molar refractivity (Wildman–Crippen MR) is 99.1 cm³/mol. The maximum Gasteiger partial charge on any atom is 0.423 e. The molecule has 0 radical (unpaired) electrons. The van der Waals surface area contributed by atoms with Gasteiger partial charge in [-0.2, -0.15) is 5.43 Å². The van der Waals surface area contributed by atoms with Gasteiger partial charge in [0.15, 0.2) is 0 Å². The minimum Gasteiger partial charge on any atom is -0.416 e. The van der Waals surface area contributed by atoms with Crippen LogP contribution < -0.4 is 16.2 Å². The average molecular weight is 370 g/mol. The topological polar surface area (TPSA) is 59.6 Å². The fourth-order valence-corrected chi connectivity index (χ4v) is 3.00. The smallest absolute Gasteiger partial charge is 0.416 e. The van der Waals surface area contributed by atoms with Gasteiger partial charge in [-0.3, -0.25) is 5.01 Å². The molecular formula is C19H16ClN3O3. The number of para-hydroxylation sites is 2. The Labute approximate surface area is 154 Å². The van der Waals surface area contributed by atoms with Crippen LogP contribution in [0.25, 0.3) is 5.69 Å². The number of hydrogen-bond donors (Lipinski definition) is 1. The van der Waals surface area contributed by atoms with E-state index in [1.165, 1.54) is 10.8 Å². The van der Waals surface area contributed by atoms with Crippen molar-refractivity contribution < 1.29 is 9.15 Å². The molecule has 0 saturated heterocycles. The van der Waals surface area contributed by atoms with Crippen molar-refractivity contribution in [2.45, 2.75) is 12.8 Å². The van der Waals surface area contributed by atoms with Crippen LogP contribution in [0.3, 0.4) is 0 Å². The van der Waals surface area contributed by atoms with E-state index in [-0.39, 0.29) is 6.23 Å². The van der Waals surface area contributed by atoms with Crippen LogP contribution in [0.15, 0.2) is 82.5 Å². The summed E-state index contributed by atoms with van der Waals surface area (Å²) in [5.41, 5.74) is 5.67. The Kier molecular flexibility index (Phi) is 4.62. The molecule has 0 bridgehead atoms. The van der Waals surface area contributed by atoms with Crippen LogP contribution in [-0.4, -0.2) is 10.8 Å². The quantitative estimate of drug-likeness (QED) is 0.746. The monoisotopic (exact) mass is 369 g/mol. The molecule has 26 heavy (non-hydrogen) atoms. The normalized spacial score (nSPS) is 16.3. The molecule has 132 valence electrons. The lowest BCUT2D eigenvalue weighted by atomic mass is 10.2. The third-order valence-corrected chi connectivity index (χ3v) is 4.35. The molecule has 1 unspecified atom stereocenters. The molecule has 3 aromatic rings. The zero-order chi connectivity index (χ0) is 17.9. The zero-order valence-electron chi connectivity index (χ0n) is 13.7. The lowest BCUT2D eigenvalue weighted by molar-refractivity contribution is 0.0556. The van der Waals surface area contributed by atoms with Crippen LogP contribution in [0.5, 0.6) is 0 Å². The highest BCUT2D eigenvalue weighted by atomic mass is 35.5. The Morgan fingerprint density at radius 1 is 1.12 bits per heavy atom. The van der Waals surface area contributed by atoms with Gasteiger partial charge in [0.25, 0.3) is 0 Å². The summed E-state index contributed by atoms with van der Waals surface area (Å²) in [6.07, 6.45) is 6.42. The molecule has 1 aliphatic heterocycles. The third kappa shape index (κ3) is 3.30. The molecule has 0 spiro atoms. The van der Waals surface area contributed by atoms with Crippen molar-refractivity contribution >= 4 is 17.3 Å². The second-order valence-corrected chi connectivity index (χ2v) is 6.10. The van der Waals surface area contributed by atoms with Crippen LogP contribution in [-0.2, 0) is 11.3 Å². The Morgan fingerprint density at radius 3 is 2.65 bits per heavy atom. The molecule has 2 aromatic carbocycles. The number of ether oxygens (including phenoxy) is 1. The van der Waals surface area contributed by atoms with E-state index in [9.17, 15) is 4.79 Å². The highest BCUT2D eigenvalue weighted by Gasteiger charge is 2.19. The number of anilines is 1. The van der Waals surface area contributed by atoms with E-state index in [4.69, 9.17) is 20.8 Å². The van der Waals surface area contributed by atoms with Crippen LogP contribution in [0.4, 0.5) is 5.69 Å². The Balaban J connectivity index is 1.45. The highest BCUT2D eigenvalue weighted by Crippen LogP contribution is 2.26. The lowest BCUT2D eigenvalue weighted by Gasteiger charge is -2.21. The standard InChI is InChI=1S/C19H16ClN3O3/c20-15-6-2-4-8-17(15)23-10-9-18(21-23)26-13-14-5-1-3-7-16(14)22-11-12-25-19(22)24/h1-12,18,21H,13H2. The van der Waals surface area contributed by atoms with Crippen LogP contribution in [0.1, 0.15) is 5.56 Å². The van der Waals surface area contributed by atoms with Crippen LogP contribution >= 0.6 is 11.6 Å². The number of hydrogen-bond acceptors (Lipinski definition) is 5. The number of oxazole rings is 1. The molecule has 0 amide bonds. The summed E-state index contributed by atoms with van der Waals surface area (Å²) >= 11 is 6.22. The van der Waals surface area contributed by atoms with Crippen LogP contribution in [0, 0.1) is 0 Å². The SMILES string of the molecule is O=c1occn1-c1ccccc1COC1C=CN(c2ccccc2Cl)N1. The molecule has 1 atom stereocenters. The number of halogens is 1. The summed E-state index contributed by atoms with van der Waals surface area (Å²) in [4.78, 5) is 11.8. The van der Waals surface area contributed by atoms with Gasteiger partial charge in [0.05, 0.1) is 29.2 Å². The van der Waals surface area contributed by atoms with E-state index in [1.54, 1.807) is 6.20 Å². The van der Waals surface area contributed by atoms with Gasteiger partial charge in [0, 0.05) is 11.8 Å². The van der Waals surface area contributed by atoms with Crippen molar-refractivity contribution in [3.05, 3.63) is 94.4 Å². The minimum absolute atomic E-state index is 0.305. The van der Waals surface area contributed by atoms with Crippen molar-refractivity contribution in [2.75, 3.05) is 5.01 Å². The van der Waals surface area contributed by atoms with E-state index < -0.39 is 5.76 Å². The van der Waals surface area contributed by atoms with Gasteiger partial charge in [0.1, 0.15) is 12.5 Å². The van der Waals surface area contributed by atoms with E-state index in [2.05, 4.69) is 5.43 Å². The molecule has 0 aliphatic carbocycles. The van der Waals surface area contributed by atoms with Crippen molar-refractivity contribution in [3.63, 3.8) is 0 Å². The third-order valence-electron chi connectivity index (χ3n) is 4.03. The molecule has 1 aromatic heterocycles. The Hall–Kier alpha value is -2.80. The number of benzene rings is 2. The molecule has 1 aliphatic rings. The second kappa shape index (κ2) is 7.21. The first-order valence-corrected chi connectivity index (χ1v) is 8.44. The number of rotatable bonds is 5.